The number of alkyl halides is 1. The van der Waals surface area contributed by atoms with E-state index in [4.69, 9.17) is 0 Å². The van der Waals surface area contributed by atoms with Crippen LogP contribution in [0.2, 0.25) is 0 Å². The number of rotatable bonds is 8. The lowest BCUT2D eigenvalue weighted by molar-refractivity contribution is -0.197. The number of carbonyl (C=O) groups is 5. The molecule has 10 nitrogen and oxygen atoms in total. The van der Waals surface area contributed by atoms with Crippen molar-refractivity contribution in [2.75, 3.05) is 24.1 Å². The molecule has 1 heterocycles. The SMILES string of the molecule is O=C(CI)NCCNC(=O)NCCC(=O)ON1C(=O)CCC1=O. The lowest BCUT2D eigenvalue weighted by atomic mass is 10.4. The Kier molecular flexibility index (Phi) is 8.29. The van der Waals surface area contributed by atoms with Gasteiger partial charge >= 0.3 is 12.0 Å². The van der Waals surface area contributed by atoms with Crippen LogP contribution in [0.4, 0.5) is 4.79 Å². The minimum Gasteiger partial charge on any atom is -0.354 e. The molecule has 1 saturated heterocycles. The van der Waals surface area contributed by atoms with E-state index in [0.717, 1.165) is 0 Å². The molecule has 0 radical (unpaired) electrons. The molecule has 0 aromatic heterocycles. The van der Waals surface area contributed by atoms with Gasteiger partial charge in [-0.3, -0.25) is 14.4 Å². The first-order chi connectivity index (χ1) is 10.9. The number of amides is 5. The van der Waals surface area contributed by atoms with Gasteiger partial charge in [-0.2, -0.15) is 0 Å². The number of nitrogens with zero attached hydrogens (tertiary/aromatic N) is 1. The van der Waals surface area contributed by atoms with Gasteiger partial charge in [0.1, 0.15) is 0 Å². The Balaban J connectivity index is 2.10. The van der Waals surface area contributed by atoms with Crippen LogP contribution in [-0.2, 0) is 24.0 Å². The third-order valence-electron chi connectivity index (χ3n) is 2.67. The van der Waals surface area contributed by atoms with Crippen LogP contribution in [0, 0.1) is 0 Å². The zero-order valence-corrected chi connectivity index (χ0v) is 14.4. The summed E-state index contributed by atoms with van der Waals surface area (Å²) in [6.07, 6.45) is -0.127. The van der Waals surface area contributed by atoms with E-state index < -0.39 is 23.8 Å². The summed E-state index contributed by atoms with van der Waals surface area (Å²) in [7, 11) is 0. The Morgan fingerprint density at radius 1 is 1.00 bits per heavy atom. The van der Waals surface area contributed by atoms with Gasteiger partial charge in [0.15, 0.2) is 0 Å². The molecule has 11 heteroatoms. The lowest BCUT2D eigenvalue weighted by Crippen LogP contribution is -2.41. The summed E-state index contributed by atoms with van der Waals surface area (Å²) < 4.78 is 0.341. The predicted molar refractivity (Wildman–Crippen MR) is 85.1 cm³/mol. The number of hydrogen-bond donors (Lipinski definition) is 3. The monoisotopic (exact) mass is 440 g/mol. The maximum absolute atomic E-state index is 11.5. The molecule has 0 spiro atoms. The largest absolute Gasteiger partial charge is 0.354 e. The molecule has 0 aliphatic carbocycles. The van der Waals surface area contributed by atoms with Crippen molar-refractivity contribution >= 4 is 52.3 Å². The molecule has 5 amide bonds. The van der Waals surface area contributed by atoms with E-state index in [0.29, 0.717) is 16.0 Å². The van der Waals surface area contributed by atoms with Gasteiger partial charge < -0.3 is 20.8 Å². The Morgan fingerprint density at radius 2 is 1.57 bits per heavy atom. The van der Waals surface area contributed by atoms with Crippen LogP contribution in [0.5, 0.6) is 0 Å². The van der Waals surface area contributed by atoms with Gasteiger partial charge in [0.25, 0.3) is 11.8 Å². The van der Waals surface area contributed by atoms with Crippen molar-refractivity contribution in [3.8, 4) is 0 Å². The number of carbonyl (C=O) groups excluding carboxylic acids is 5. The molecule has 0 unspecified atom stereocenters. The molecule has 3 N–H and O–H groups in total. The smallest absolute Gasteiger partial charge is 0.334 e. The average molecular weight is 440 g/mol. The molecular formula is C12H17IN4O6. The van der Waals surface area contributed by atoms with Gasteiger partial charge in [-0.05, 0) is 0 Å². The maximum atomic E-state index is 11.5. The van der Waals surface area contributed by atoms with E-state index in [9.17, 15) is 24.0 Å². The second kappa shape index (κ2) is 9.97. The zero-order chi connectivity index (χ0) is 17.2. The van der Waals surface area contributed by atoms with E-state index in [1.165, 1.54) is 0 Å². The normalized spacial score (nSPS) is 13.7. The van der Waals surface area contributed by atoms with Crippen LogP contribution in [-0.4, -0.2) is 58.8 Å². The summed E-state index contributed by atoms with van der Waals surface area (Å²) in [4.78, 5) is 60.9. The van der Waals surface area contributed by atoms with Gasteiger partial charge in [0.2, 0.25) is 5.91 Å². The summed E-state index contributed by atoms with van der Waals surface area (Å²) in [5, 5.41) is 7.93. The van der Waals surface area contributed by atoms with Crippen LogP contribution in [0.15, 0.2) is 0 Å². The van der Waals surface area contributed by atoms with Crippen molar-refractivity contribution < 1.29 is 28.8 Å². The molecule has 128 valence electrons. The van der Waals surface area contributed by atoms with Crippen molar-refractivity contribution in [2.45, 2.75) is 19.3 Å². The van der Waals surface area contributed by atoms with Crippen molar-refractivity contribution in [3.63, 3.8) is 0 Å². The van der Waals surface area contributed by atoms with Gasteiger partial charge in [-0.1, -0.05) is 22.6 Å². The van der Waals surface area contributed by atoms with E-state index in [1.54, 1.807) is 0 Å². The first kappa shape index (κ1) is 19.1. The summed E-state index contributed by atoms with van der Waals surface area (Å²) in [5.41, 5.74) is 0. The number of imide groups is 1. The van der Waals surface area contributed by atoms with Gasteiger partial charge in [-0.15, -0.1) is 5.06 Å². The van der Waals surface area contributed by atoms with E-state index in [-0.39, 0.29) is 38.3 Å². The van der Waals surface area contributed by atoms with E-state index >= 15 is 0 Å². The Labute approximate surface area is 145 Å². The molecule has 0 bridgehead atoms. The van der Waals surface area contributed by atoms with Crippen LogP contribution in [0.1, 0.15) is 19.3 Å². The first-order valence-corrected chi connectivity index (χ1v) is 8.37. The molecule has 1 aliphatic rings. The Hall–Kier alpha value is -1.92. The molecular weight excluding hydrogens is 423 g/mol. The van der Waals surface area contributed by atoms with Crippen molar-refractivity contribution in [1.82, 2.24) is 21.0 Å². The maximum Gasteiger partial charge on any atom is 0.334 e. The fourth-order valence-corrected chi connectivity index (χ4v) is 1.84. The van der Waals surface area contributed by atoms with Crippen LogP contribution in [0.25, 0.3) is 0 Å². The molecule has 0 atom stereocenters. The molecule has 1 aliphatic heterocycles. The molecule has 1 rings (SSSR count). The van der Waals surface area contributed by atoms with E-state index in [1.807, 2.05) is 22.6 Å². The number of urea groups is 1. The number of nitrogens with one attached hydrogen (secondary N) is 3. The number of halogens is 1. The van der Waals surface area contributed by atoms with Gasteiger partial charge in [0.05, 0.1) is 10.8 Å². The third kappa shape index (κ3) is 7.25. The van der Waals surface area contributed by atoms with Gasteiger partial charge in [-0.25, -0.2) is 9.59 Å². The summed E-state index contributed by atoms with van der Waals surface area (Å²) >= 11 is 1.92. The first-order valence-electron chi connectivity index (χ1n) is 6.85. The summed E-state index contributed by atoms with van der Waals surface area (Å²) in [5.74, 6) is -2.02. The Bertz CT molecular complexity index is 482. The van der Waals surface area contributed by atoms with Crippen molar-refractivity contribution in [3.05, 3.63) is 0 Å². The molecule has 0 saturated carbocycles. The highest BCUT2D eigenvalue weighted by Gasteiger charge is 2.32. The highest BCUT2D eigenvalue weighted by atomic mass is 127. The second-order valence-electron chi connectivity index (χ2n) is 4.46. The quantitative estimate of drug-likeness (QED) is 0.189. The fourth-order valence-electron chi connectivity index (χ4n) is 1.57. The lowest BCUT2D eigenvalue weighted by Gasteiger charge is -2.12. The highest BCUT2D eigenvalue weighted by molar-refractivity contribution is 14.1. The molecule has 0 aromatic carbocycles. The van der Waals surface area contributed by atoms with Gasteiger partial charge in [0, 0.05) is 32.5 Å². The van der Waals surface area contributed by atoms with Crippen LogP contribution >= 0.6 is 22.6 Å². The number of hydroxylamine groups is 2. The molecule has 1 fully saturated rings. The molecule has 0 aromatic rings. The van der Waals surface area contributed by atoms with E-state index in [2.05, 4.69) is 20.8 Å². The second-order valence-corrected chi connectivity index (χ2v) is 5.22. The summed E-state index contributed by atoms with van der Waals surface area (Å²) in [6, 6.07) is -0.505. The fraction of sp³-hybridized carbons (Fsp3) is 0.583. The van der Waals surface area contributed by atoms with Crippen molar-refractivity contribution in [2.24, 2.45) is 0 Å². The zero-order valence-electron chi connectivity index (χ0n) is 12.2. The minimum absolute atomic E-state index is 0.0129. The Morgan fingerprint density at radius 3 is 2.17 bits per heavy atom. The van der Waals surface area contributed by atoms with Crippen LogP contribution in [0.3, 0.4) is 0 Å². The highest BCUT2D eigenvalue weighted by Crippen LogP contribution is 2.12. The predicted octanol–water partition coefficient (Wildman–Crippen LogP) is -1.17. The summed E-state index contributed by atoms with van der Waals surface area (Å²) in [6.45, 7) is 0.535. The standard InChI is InChI=1S/C12H17IN4O6/c13-7-8(18)14-5-6-16-12(22)15-4-3-11(21)23-17-9(19)1-2-10(17)20/h1-7H2,(H,14,18)(H2,15,16,22). The third-order valence-corrected chi connectivity index (χ3v) is 3.36. The number of hydrogen-bond acceptors (Lipinski definition) is 6. The average Bonchev–Trinajstić information content (AvgIpc) is 2.83. The molecule has 23 heavy (non-hydrogen) atoms. The minimum atomic E-state index is -0.789. The van der Waals surface area contributed by atoms with Crippen molar-refractivity contribution in [1.29, 1.82) is 0 Å². The topological polar surface area (TPSA) is 134 Å². The van der Waals surface area contributed by atoms with Crippen LogP contribution < -0.4 is 16.0 Å².